The van der Waals surface area contributed by atoms with Gasteiger partial charge in [-0.25, -0.2) is 0 Å². The van der Waals surface area contributed by atoms with Gasteiger partial charge in [0.1, 0.15) is 6.61 Å². The van der Waals surface area contributed by atoms with Crippen molar-refractivity contribution in [3.8, 4) is 0 Å². The van der Waals surface area contributed by atoms with E-state index >= 15 is 0 Å². The van der Waals surface area contributed by atoms with Gasteiger partial charge in [-0.2, -0.15) is 0 Å². The predicted molar refractivity (Wildman–Crippen MR) is 123 cm³/mol. The van der Waals surface area contributed by atoms with Gasteiger partial charge in [0.2, 0.25) is 5.91 Å². The monoisotopic (exact) mass is 461 g/mol. The van der Waals surface area contributed by atoms with Crippen LogP contribution in [0.2, 0.25) is 0 Å². The summed E-state index contributed by atoms with van der Waals surface area (Å²) in [7, 11) is -3.41. The molecule has 0 aromatic heterocycles. The van der Waals surface area contributed by atoms with Gasteiger partial charge in [-0.05, 0) is 31.4 Å². The number of esters is 1. The number of carbonyl (C=O) groups excluding carboxylic acids is 2. The van der Waals surface area contributed by atoms with Crippen LogP contribution in [0.3, 0.4) is 0 Å². The highest BCUT2D eigenvalue weighted by Crippen LogP contribution is 2.50. The summed E-state index contributed by atoms with van der Waals surface area (Å²) in [5.74, 6) is -1.32. The fourth-order valence-corrected chi connectivity index (χ4v) is 5.09. The van der Waals surface area contributed by atoms with Crippen molar-refractivity contribution in [1.29, 1.82) is 0 Å². The Bertz CT molecular complexity index is 865. The first-order chi connectivity index (χ1) is 15.5. The largest absolute Gasteiger partial charge is 0.461 e. The van der Waals surface area contributed by atoms with Crippen molar-refractivity contribution < 1.29 is 27.9 Å². The minimum Gasteiger partial charge on any atom is -0.461 e. The predicted octanol–water partition coefficient (Wildman–Crippen LogP) is 4.36. The Morgan fingerprint density at radius 1 is 0.906 bits per heavy atom. The molecule has 0 fully saturated rings. The molecule has 0 saturated heterocycles. The van der Waals surface area contributed by atoms with E-state index in [0.717, 1.165) is 11.1 Å². The number of hydrogen-bond acceptors (Lipinski definition) is 6. The Morgan fingerprint density at radius 2 is 1.47 bits per heavy atom. The summed E-state index contributed by atoms with van der Waals surface area (Å²) in [6, 6.07) is 18.9. The Morgan fingerprint density at radius 3 is 2.03 bits per heavy atom. The second-order valence-corrected chi connectivity index (χ2v) is 9.31. The van der Waals surface area contributed by atoms with Gasteiger partial charge in [0.05, 0.1) is 31.7 Å². The molecular formula is C24H32NO6P. The standard InChI is InChI=1S/C24H32NO6P/c1-3-30-32(28,31-4-2)19-22(17-20-11-7-5-8-12-20)24(27)25-16-15-23(26)29-18-21-13-9-6-10-14-21/h5-14,22H,3-4,15-19H2,1-2H3,(H,25,27)/t22-/m0/s1. The number of carbonyl (C=O) groups is 2. The van der Waals surface area contributed by atoms with Gasteiger partial charge in [-0.1, -0.05) is 60.7 Å². The molecule has 0 aliphatic rings. The number of rotatable bonds is 14. The average Bonchev–Trinajstić information content (AvgIpc) is 2.79. The molecule has 0 saturated carbocycles. The zero-order valence-corrected chi connectivity index (χ0v) is 19.6. The van der Waals surface area contributed by atoms with Gasteiger partial charge < -0.3 is 19.1 Å². The van der Waals surface area contributed by atoms with Crippen LogP contribution < -0.4 is 5.32 Å². The van der Waals surface area contributed by atoms with Crippen LogP contribution in [0.25, 0.3) is 0 Å². The van der Waals surface area contributed by atoms with Crippen molar-refractivity contribution in [2.45, 2.75) is 33.3 Å². The summed E-state index contributed by atoms with van der Waals surface area (Å²) in [6.45, 7) is 4.24. The maximum Gasteiger partial charge on any atom is 0.331 e. The third kappa shape index (κ3) is 9.35. The van der Waals surface area contributed by atoms with Crippen molar-refractivity contribution in [1.82, 2.24) is 5.32 Å². The van der Waals surface area contributed by atoms with E-state index in [9.17, 15) is 14.2 Å². The molecule has 0 spiro atoms. The molecule has 0 heterocycles. The molecule has 7 nitrogen and oxygen atoms in total. The molecule has 174 valence electrons. The summed E-state index contributed by atoms with van der Waals surface area (Å²) in [5, 5.41) is 2.77. The van der Waals surface area contributed by atoms with Crippen molar-refractivity contribution in [3.05, 3.63) is 71.8 Å². The lowest BCUT2D eigenvalue weighted by Gasteiger charge is -2.23. The molecule has 1 N–H and O–H groups in total. The second kappa shape index (κ2) is 13.8. The van der Waals surface area contributed by atoms with Crippen LogP contribution in [-0.2, 0) is 41.0 Å². The van der Waals surface area contributed by atoms with E-state index in [-0.39, 0.29) is 44.9 Å². The molecule has 32 heavy (non-hydrogen) atoms. The molecule has 2 aromatic rings. The van der Waals surface area contributed by atoms with E-state index in [2.05, 4.69) is 5.32 Å². The highest BCUT2D eigenvalue weighted by atomic mass is 31.2. The zero-order chi connectivity index (χ0) is 23.2. The number of amides is 1. The number of hydrogen-bond donors (Lipinski definition) is 1. The van der Waals surface area contributed by atoms with Gasteiger partial charge in [0.25, 0.3) is 0 Å². The third-order valence-corrected chi connectivity index (χ3v) is 6.85. The highest BCUT2D eigenvalue weighted by Gasteiger charge is 2.32. The number of ether oxygens (including phenoxy) is 1. The third-order valence-electron chi connectivity index (χ3n) is 4.66. The average molecular weight is 461 g/mol. The van der Waals surface area contributed by atoms with E-state index in [1.54, 1.807) is 13.8 Å². The van der Waals surface area contributed by atoms with Gasteiger partial charge in [0, 0.05) is 6.54 Å². The van der Waals surface area contributed by atoms with Crippen LogP contribution in [0.4, 0.5) is 0 Å². The van der Waals surface area contributed by atoms with Crippen LogP contribution >= 0.6 is 7.60 Å². The van der Waals surface area contributed by atoms with E-state index in [1.807, 2.05) is 60.7 Å². The molecule has 2 aromatic carbocycles. The quantitative estimate of drug-likeness (QED) is 0.332. The maximum atomic E-state index is 13.0. The molecule has 2 rings (SSSR count). The minimum atomic E-state index is -3.41. The van der Waals surface area contributed by atoms with E-state index in [4.69, 9.17) is 13.8 Å². The molecular weight excluding hydrogens is 429 g/mol. The Kier molecular flexibility index (Phi) is 11.2. The Hall–Kier alpha value is -2.47. The Labute approximate surface area is 190 Å². The summed E-state index contributed by atoms with van der Waals surface area (Å²) < 4.78 is 29.0. The molecule has 1 atom stereocenters. The van der Waals surface area contributed by atoms with Crippen molar-refractivity contribution in [2.24, 2.45) is 5.92 Å². The lowest BCUT2D eigenvalue weighted by Crippen LogP contribution is -2.35. The zero-order valence-electron chi connectivity index (χ0n) is 18.7. The molecule has 0 bridgehead atoms. The molecule has 1 amide bonds. The topological polar surface area (TPSA) is 90.9 Å². The first-order valence-corrected chi connectivity index (χ1v) is 12.6. The summed E-state index contributed by atoms with van der Waals surface area (Å²) >= 11 is 0. The van der Waals surface area contributed by atoms with Gasteiger partial charge in [0.15, 0.2) is 0 Å². The number of benzene rings is 2. The van der Waals surface area contributed by atoms with Crippen LogP contribution in [0.1, 0.15) is 31.4 Å². The Balaban J connectivity index is 1.93. The smallest absolute Gasteiger partial charge is 0.331 e. The lowest BCUT2D eigenvalue weighted by atomic mass is 10.0. The first-order valence-electron chi connectivity index (χ1n) is 10.8. The van der Waals surface area contributed by atoms with Crippen molar-refractivity contribution in [2.75, 3.05) is 25.9 Å². The van der Waals surface area contributed by atoms with Crippen molar-refractivity contribution in [3.63, 3.8) is 0 Å². The molecule has 0 radical (unpaired) electrons. The highest BCUT2D eigenvalue weighted by molar-refractivity contribution is 7.53. The molecule has 0 aliphatic heterocycles. The van der Waals surface area contributed by atoms with Gasteiger partial charge >= 0.3 is 13.6 Å². The van der Waals surface area contributed by atoms with Gasteiger partial charge in [-0.3, -0.25) is 14.2 Å². The molecule has 0 unspecified atom stereocenters. The second-order valence-electron chi connectivity index (χ2n) is 7.20. The first kappa shape index (κ1) is 25.8. The van der Waals surface area contributed by atoms with E-state index in [1.165, 1.54) is 0 Å². The van der Waals surface area contributed by atoms with E-state index in [0.29, 0.717) is 6.42 Å². The molecule has 8 heteroatoms. The summed E-state index contributed by atoms with van der Waals surface area (Å²) in [5.41, 5.74) is 1.84. The van der Waals surface area contributed by atoms with Gasteiger partial charge in [-0.15, -0.1) is 0 Å². The van der Waals surface area contributed by atoms with Crippen LogP contribution in [0, 0.1) is 5.92 Å². The van der Waals surface area contributed by atoms with Crippen LogP contribution in [0.15, 0.2) is 60.7 Å². The van der Waals surface area contributed by atoms with Crippen LogP contribution in [-0.4, -0.2) is 37.8 Å². The summed E-state index contributed by atoms with van der Waals surface area (Å²) in [6.07, 6.45) is 0.397. The van der Waals surface area contributed by atoms with Crippen molar-refractivity contribution >= 4 is 19.5 Å². The fraction of sp³-hybridized carbons (Fsp3) is 0.417. The number of nitrogens with one attached hydrogen (secondary N) is 1. The SMILES string of the molecule is CCOP(=O)(C[C@H](Cc1ccccc1)C(=O)NCCC(=O)OCc1ccccc1)OCC. The normalized spacial score (nSPS) is 12.2. The van der Waals surface area contributed by atoms with Crippen LogP contribution in [0.5, 0.6) is 0 Å². The minimum absolute atomic E-state index is 0.0339. The molecule has 0 aliphatic carbocycles. The van der Waals surface area contributed by atoms with E-state index < -0.39 is 19.5 Å². The fourth-order valence-electron chi connectivity index (χ4n) is 3.19. The summed E-state index contributed by atoms with van der Waals surface area (Å²) in [4.78, 5) is 24.9. The lowest BCUT2D eigenvalue weighted by molar-refractivity contribution is -0.144. The maximum absolute atomic E-state index is 13.0.